The van der Waals surface area contributed by atoms with Crippen LogP contribution in [-0.2, 0) is 54.2 Å². The van der Waals surface area contributed by atoms with Gasteiger partial charge in [-0.1, -0.05) is 30.3 Å². The number of rotatable bonds is 9. The molecule has 0 amide bonds. The van der Waals surface area contributed by atoms with E-state index in [-0.39, 0.29) is 6.61 Å². The molecule has 0 spiro atoms. The molecule has 2 heterocycles. The Kier molecular flexibility index (Phi) is 6.62. The Balaban J connectivity index is 1.90. The van der Waals surface area contributed by atoms with Gasteiger partial charge in [-0.3, -0.25) is 8.37 Å². The minimum Gasteiger partial charge on any atom is -0.367 e. The van der Waals surface area contributed by atoms with Crippen LogP contribution in [0.4, 0.5) is 0 Å². The van der Waals surface area contributed by atoms with Crippen LogP contribution in [0.3, 0.4) is 0 Å². The second-order valence-electron chi connectivity index (χ2n) is 7.80. The molecule has 0 saturated carbocycles. The summed E-state index contributed by atoms with van der Waals surface area (Å²) in [7, 11) is -7.73. The van der Waals surface area contributed by atoms with Gasteiger partial charge in [-0.2, -0.15) is 16.8 Å². The van der Waals surface area contributed by atoms with Crippen molar-refractivity contribution in [2.24, 2.45) is 0 Å². The standard InChI is InChI=1S/C18H26O10S2/c1-17(2)26-14-15(23-10-13-8-6-5-7-9-13)18(28-16(14)27-17,11-24-29(3,19)20)12-25-30(4,21)22/h5-9,14-16H,10-12H2,1-4H3. The molecule has 2 aliphatic heterocycles. The lowest BCUT2D eigenvalue weighted by Crippen LogP contribution is -2.53. The van der Waals surface area contributed by atoms with Crippen molar-refractivity contribution < 1.29 is 44.1 Å². The van der Waals surface area contributed by atoms with Crippen LogP contribution in [0, 0.1) is 0 Å². The highest BCUT2D eigenvalue weighted by Crippen LogP contribution is 2.44. The summed E-state index contributed by atoms with van der Waals surface area (Å²) >= 11 is 0. The Labute approximate surface area is 176 Å². The summed E-state index contributed by atoms with van der Waals surface area (Å²) in [5, 5.41) is 0. The number of ether oxygens (including phenoxy) is 4. The maximum Gasteiger partial charge on any atom is 0.264 e. The third kappa shape index (κ3) is 5.98. The van der Waals surface area contributed by atoms with E-state index >= 15 is 0 Å². The van der Waals surface area contributed by atoms with Crippen molar-refractivity contribution in [3.8, 4) is 0 Å². The van der Waals surface area contributed by atoms with Crippen molar-refractivity contribution in [1.29, 1.82) is 0 Å². The van der Waals surface area contributed by atoms with Gasteiger partial charge in [0.15, 0.2) is 12.1 Å². The average Bonchev–Trinajstić information content (AvgIpc) is 3.05. The molecule has 0 aliphatic carbocycles. The molecule has 0 aromatic heterocycles. The number of hydrogen-bond acceptors (Lipinski definition) is 10. The molecule has 1 aromatic carbocycles. The molecule has 30 heavy (non-hydrogen) atoms. The lowest BCUT2D eigenvalue weighted by molar-refractivity contribution is -0.254. The van der Waals surface area contributed by atoms with Crippen LogP contribution < -0.4 is 0 Å². The van der Waals surface area contributed by atoms with Gasteiger partial charge in [-0.05, 0) is 19.4 Å². The van der Waals surface area contributed by atoms with E-state index in [2.05, 4.69) is 0 Å². The van der Waals surface area contributed by atoms with Crippen LogP contribution in [0.1, 0.15) is 19.4 Å². The van der Waals surface area contributed by atoms with Crippen LogP contribution in [0.15, 0.2) is 30.3 Å². The van der Waals surface area contributed by atoms with E-state index in [9.17, 15) is 16.8 Å². The van der Waals surface area contributed by atoms with Gasteiger partial charge >= 0.3 is 0 Å². The molecular formula is C18H26O10S2. The maximum absolute atomic E-state index is 11.6. The van der Waals surface area contributed by atoms with Crippen LogP contribution in [0.5, 0.6) is 0 Å². The Morgan fingerprint density at radius 2 is 1.47 bits per heavy atom. The summed E-state index contributed by atoms with van der Waals surface area (Å²) < 4.78 is 80.1. The highest BCUT2D eigenvalue weighted by molar-refractivity contribution is 7.86. The summed E-state index contributed by atoms with van der Waals surface area (Å²) in [4.78, 5) is 0. The van der Waals surface area contributed by atoms with E-state index in [0.29, 0.717) is 0 Å². The maximum atomic E-state index is 11.6. The second kappa shape index (κ2) is 8.43. The van der Waals surface area contributed by atoms with Crippen molar-refractivity contribution in [1.82, 2.24) is 0 Å². The van der Waals surface area contributed by atoms with E-state index in [0.717, 1.165) is 18.1 Å². The third-order valence-corrected chi connectivity index (χ3v) is 5.65. The average molecular weight is 467 g/mol. The van der Waals surface area contributed by atoms with E-state index < -0.39 is 63.3 Å². The molecule has 2 aliphatic rings. The molecule has 0 bridgehead atoms. The minimum absolute atomic E-state index is 0.140. The predicted molar refractivity (Wildman–Crippen MR) is 104 cm³/mol. The second-order valence-corrected chi connectivity index (χ2v) is 11.1. The minimum atomic E-state index is -3.86. The van der Waals surface area contributed by atoms with E-state index in [4.69, 9.17) is 27.3 Å². The fourth-order valence-electron chi connectivity index (χ4n) is 3.35. The summed E-state index contributed by atoms with van der Waals surface area (Å²) in [5.74, 6) is -0.967. The van der Waals surface area contributed by atoms with Crippen LogP contribution in [0.25, 0.3) is 0 Å². The summed E-state index contributed by atoms with van der Waals surface area (Å²) in [6, 6.07) is 9.25. The quantitative estimate of drug-likeness (QED) is 0.482. The summed E-state index contributed by atoms with van der Waals surface area (Å²) in [6.45, 7) is 2.46. The van der Waals surface area contributed by atoms with E-state index in [1.807, 2.05) is 30.3 Å². The van der Waals surface area contributed by atoms with Crippen LogP contribution in [0.2, 0.25) is 0 Å². The molecule has 10 nitrogen and oxygen atoms in total. The molecule has 0 radical (unpaired) electrons. The molecule has 2 fully saturated rings. The molecule has 2 saturated heterocycles. The molecule has 0 N–H and O–H groups in total. The molecule has 3 rings (SSSR count). The van der Waals surface area contributed by atoms with Gasteiger partial charge in [0.2, 0.25) is 0 Å². The van der Waals surface area contributed by atoms with E-state index in [1.54, 1.807) is 13.8 Å². The van der Waals surface area contributed by atoms with Crippen molar-refractivity contribution in [2.75, 3.05) is 25.7 Å². The van der Waals surface area contributed by atoms with Gasteiger partial charge in [0.1, 0.15) is 31.0 Å². The van der Waals surface area contributed by atoms with E-state index in [1.165, 1.54) is 0 Å². The highest BCUT2D eigenvalue weighted by atomic mass is 32.2. The number of fused-ring (bicyclic) bond motifs is 1. The molecule has 1 aromatic rings. The fourth-order valence-corrected chi connectivity index (χ4v) is 4.17. The first-order valence-electron chi connectivity index (χ1n) is 9.16. The Bertz CT molecular complexity index is 906. The third-order valence-electron chi connectivity index (χ3n) is 4.56. The van der Waals surface area contributed by atoms with Gasteiger partial charge in [0.05, 0.1) is 19.1 Å². The zero-order valence-electron chi connectivity index (χ0n) is 17.1. The van der Waals surface area contributed by atoms with Crippen molar-refractivity contribution >= 4 is 20.2 Å². The van der Waals surface area contributed by atoms with Gasteiger partial charge < -0.3 is 18.9 Å². The lowest BCUT2D eigenvalue weighted by atomic mass is 9.97. The first kappa shape index (κ1) is 23.5. The van der Waals surface area contributed by atoms with Crippen LogP contribution in [-0.4, -0.2) is 72.4 Å². The van der Waals surface area contributed by atoms with Crippen LogP contribution >= 0.6 is 0 Å². The molecule has 12 heteroatoms. The fraction of sp³-hybridized carbons (Fsp3) is 0.667. The van der Waals surface area contributed by atoms with Gasteiger partial charge in [-0.25, -0.2) is 0 Å². The zero-order valence-corrected chi connectivity index (χ0v) is 18.8. The zero-order chi connectivity index (χ0) is 22.2. The van der Waals surface area contributed by atoms with Gasteiger partial charge in [0.25, 0.3) is 20.2 Å². The highest BCUT2D eigenvalue weighted by Gasteiger charge is 2.63. The Morgan fingerprint density at radius 1 is 0.900 bits per heavy atom. The van der Waals surface area contributed by atoms with Crippen molar-refractivity contribution in [3.05, 3.63) is 35.9 Å². The number of hydrogen-bond donors (Lipinski definition) is 0. The molecule has 170 valence electrons. The van der Waals surface area contributed by atoms with Gasteiger partial charge in [0, 0.05) is 0 Å². The van der Waals surface area contributed by atoms with Crippen molar-refractivity contribution in [3.63, 3.8) is 0 Å². The van der Waals surface area contributed by atoms with Crippen molar-refractivity contribution in [2.45, 2.75) is 50.3 Å². The first-order valence-corrected chi connectivity index (χ1v) is 12.8. The normalized spacial score (nSPS) is 27.8. The monoisotopic (exact) mass is 466 g/mol. The Morgan fingerprint density at radius 3 is 2.00 bits per heavy atom. The molecular weight excluding hydrogens is 440 g/mol. The Hall–Kier alpha value is -1.12. The summed E-state index contributed by atoms with van der Waals surface area (Å²) in [5.41, 5.74) is -0.756. The summed E-state index contributed by atoms with van der Waals surface area (Å²) in [6.07, 6.45) is -0.858. The predicted octanol–water partition coefficient (Wildman–Crippen LogP) is 0.771. The lowest BCUT2D eigenvalue weighted by Gasteiger charge is -2.35. The van der Waals surface area contributed by atoms with Gasteiger partial charge in [-0.15, -0.1) is 0 Å². The smallest absolute Gasteiger partial charge is 0.264 e. The number of benzene rings is 1. The molecule has 3 unspecified atom stereocenters. The molecule has 3 atom stereocenters. The first-order chi connectivity index (χ1) is 13.8. The SMILES string of the molecule is CC1(C)OC2OC(COS(C)(=O)=O)(COS(C)(=O)=O)C(OCc3ccccc3)C2O1. The topological polar surface area (TPSA) is 124 Å². The largest absolute Gasteiger partial charge is 0.367 e.